The highest BCUT2D eigenvalue weighted by Gasteiger charge is 2.48. The molecule has 0 radical (unpaired) electrons. The second-order valence-electron chi connectivity index (χ2n) is 9.07. The van der Waals surface area contributed by atoms with E-state index in [1.165, 1.54) is 22.7 Å². The molecule has 0 aromatic carbocycles. The molecule has 1 aliphatic rings. The lowest BCUT2D eigenvalue weighted by Gasteiger charge is -2.38. The lowest BCUT2D eigenvalue weighted by Crippen LogP contribution is -2.44. The Morgan fingerprint density at radius 2 is 1.62 bits per heavy atom. The summed E-state index contributed by atoms with van der Waals surface area (Å²) in [5.41, 5.74) is -1.42. The van der Waals surface area contributed by atoms with E-state index in [1.807, 2.05) is 35.0 Å². The summed E-state index contributed by atoms with van der Waals surface area (Å²) in [6.07, 6.45) is 8.84. The SMILES string of the molecule is CN(CCCOCCCCCCO)[C@H]1CC[C@H](OC(C(=O)O)(c2cccs2)c2cccs2)CC1. The fourth-order valence-corrected chi connectivity index (χ4v) is 6.49. The molecule has 1 saturated carbocycles. The number of carboxylic acids is 1. The van der Waals surface area contributed by atoms with Crippen LogP contribution in [0.25, 0.3) is 0 Å². The number of aliphatic hydroxyl groups excluding tert-OH is 1. The summed E-state index contributed by atoms with van der Waals surface area (Å²) in [5.74, 6) is -0.940. The lowest BCUT2D eigenvalue weighted by atomic mass is 9.90. The lowest BCUT2D eigenvalue weighted by molar-refractivity contribution is -0.170. The predicted octanol–water partition coefficient (Wildman–Crippen LogP) is 5.36. The van der Waals surface area contributed by atoms with Gasteiger partial charge in [-0.15, -0.1) is 22.7 Å². The number of nitrogens with zero attached hydrogens (tertiary/aromatic N) is 1. The van der Waals surface area contributed by atoms with Crippen LogP contribution in [0.3, 0.4) is 0 Å². The molecule has 0 atom stereocenters. The average Bonchev–Trinajstić information content (AvgIpc) is 3.57. The molecule has 0 unspecified atom stereocenters. The Hall–Kier alpha value is -1.29. The number of thiophene rings is 2. The molecule has 0 aliphatic heterocycles. The molecule has 34 heavy (non-hydrogen) atoms. The second kappa shape index (κ2) is 14.3. The Kier molecular flexibility index (Phi) is 11.5. The van der Waals surface area contributed by atoms with Crippen molar-refractivity contribution in [3.63, 3.8) is 0 Å². The van der Waals surface area contributed by atoms with E-state index in [0.717, 1.165) is 87.3 Å². The van der Waals surface area contributed by atoms with E-state index in [4.69, 9.17) is 14.6 Å². The van der Waals surface area contributed by atoms with Crippen LogP contribution in [0, 0.1) is 0 Å². The Labute approximate surface area is 211 Å². The summed E-state index contributed by atoms with van der Waals surface area (Å²) in [6.45, 7) is 2.87. The van der Waals surface area contributed by atoms with Gasteiger partial charge in [-0.25, -0.2) is 4.79 Å². The van der Waals surface area contributed by atoms with Crippen LogP contribution in [0.4, 0.5) is 0 Å². The summed E-state index contributed by atoms with van der Waals surface area (Å²) in [4.78, 5) is 16.5. The van der Waals surface area contributed by atoms with Gasteiger partial charge < -0.3 is 24.6 Å². The van der Waals surface area contributed by atoms with Crippen LogP contribution in [0.5, 0.6) is 0 Å². The number of carboxylic acid groups (broad SMARTS) is 1. The molecule has 6 nitrogen and oxygen atoms in total. The number of hydrogen-bond acceptors (Lipinski definition) is 7. The summed E-state index contributed by atoms with van der Waals surface area (Å²) < 4.78 is 12.2. The van der Waals surface area contributed by atoms with Crippen LogP contribution < -0.4 is 0 Å². The molecule has 0 spiro atoms. The fraction of sp³-hybridized carbons (Fsp3) is 0.654. The topological polar surface area (TPSA) is 79.2 Å². The van der Waals surface area contributed by atoms with E-state index in [2.05, 4.69) is 11.9 Å². The number of hydrogen-bond donors (Lipinski definition) is 2. The standard InChI is InChI=1S/C26H39NO5S2/c1-27(15-8-18-31-17-5-3-2-4-16-28)21-11-13-22(14-12-21)32-26(25(29)30,23-9-6-19-33-23)24-10-7-20-34-24/h6-7,9-10,19-22,28H,2-5,8,11-18H2,1H3,(H,29,30)/t21-,22-. The summed E-state index contributed by atoms with van der Waals surface area (Å²) >= 11 is 2.88. The molecular formula is C26H39NO5S2. The molecule has 2 aromatic rings. The van der Waals surface area contributed by atoms with Gasteiger partial charge in [-0.3, -0.25) is 0 Å². The van der Waals surface area contributed by atoms with Gasteiger partial charge in [0.05, 0.1) is 15.9 Å². The van der Waals surface area contributed by atoms with E-state index in [0.29, 0.717) is 6.04 Å². The monoisotopic (exact) mass is 509 g/mol. The zero-order valence-corrected chi connectivity index (χ0v) is 21.8. The van der Waals surface area contributed by atoms with Crippen LogP contribution >= 0.6 is 22.7 Å². The minimum absolute atomic E-state index is 0.0703. The van der Waals surface area contributed by atoms with Gasteiger partial charge in [0.1, 0.15) is 0 Å². The Morgan fingerprint density at radius 3 is 2.18 bits per heavy atom. The Balaban J connectivity index is 1.43. The number of unbranched alkanes of at least 4 members (excludes halogenated alkanes) is 3. The van der Waals surface area contributed by atoms with Crippen LogP contribution in [-0.4, -0.2) is 66.6 Å². The van der Waals surface area contributed by atoms with Crippen molar-refractivity contribution >= 4 is 28.6 Å². The van der Waals surface area contributed by atoms with Crippen LogP contribution in [-0.2, 0) is 19.9 Å². The van der Waals surface area contributed by atoms with Crippen LogP contribution in [0.15, 0.2) is 35.0 Å². The van der Waals surface area contributed by atoms with Gasteiger partial charge in [0.25, 0.3) is 0 Å². The minimum Gasteiger partial charge on any atom is -0.479 e. The Bertz CT molecular complexity index is 769. The molecule has 8 heteroatoms. The number of ether oxygens (including phenoxy) is 2. The molecule has 0 amide bonds. The first-order valence-corrected chi connectivity index (χ1v) is 14.2. The molecule has 0 bridgehead atoms. The minimum atomic E-state index is -1.42. The normalized spacial score (nSPS) is 19.0. The van der Waals surface area contributed by atoms with E-state index in [1.54, 1.807) is 0 Å². The highest BCUT2D eigenvalue weighted by molar-refractivity contribution is 7.12. The third-order valence-corrected chi connectivity index (χ3v) is 8.59. The van der Waals surface area contributed by atoms with Crippen molar-refractivity contribution in [1.82, 2.24) is 4.90 Å². The van der Waals surface area contributed by atoms with Gasteiger partial charge in [0.2, 0.25) is 5.60 Å². The van der Waals surface area contributed by atoms with Gasteiger partial charge in [0.15, 0.2) is 0 Å². The Morgan fingerprint density at radius 1 is 1.00 bits per heavy atom. The van der Waals surface area contributed by atoms with Gasteiger partial charge >= 0.3 is 5.97 Å². The first kappa shape index (κ1) is 27.3. The van der Waals surface area contributed by atoms with Crippen molar-refractivity contribution in [2.45, 2.75) is 75.5 Å². The highest BCUT2D eigenvalue weighted by atomic mass is 32.1. The van der Waals surface area contributed by atoms with E-state index < -0.39 is 11.6 Å². The van der Waals surface area contributed by atoms with Gasteiger partial charge in [-0.2, -0.15) is 0 Å². The molecule has 190 valence electrons. The molecule has 2 heterocycles. The van der Waals surface area contributed by atoms with Gasteiger partial charge in [-0.05, 0) is 74.9 Å². The van der Waals surface area contributed by atoms with Gasteiger partial charge in [-0.1, -0.05) is 25.0 Å². The smallest absolute Gasteiger partial charge is 0.347 e. The van der Waals surface area contributed by atoms with Crippen LogP contribution in [0.1, 0.15) is 67.5 Å². The summed E-state index contributed by atoms with van der Waals surface area (Å²) in [7, 11) is 2.18. The molecular weight excluding hydrogens is 470 g/mol. The average molecular weight is 510 g/mol. The van der Waals surface area contributed by atoms with Crippen LogP contribution in [0.2, 0.25) is 0 Å². The molecule has 0 saturated heterocycles. The number of rotatable bonds is 16. The zero-order chi connectivity index (χ0) is 24.2. The number of carbonyl (C=O) groups is 1. The first-order chi connectivity index (χ1) is 16.6. The van der Waals surface area contributed by atoms with Gasteiger partial charge in [0, 0.05) is 32.4 Å². The van der Waals surface area contributed by atoms with E-state index >= 15 is 0 Å². The van der Waals surface area contributed by atoms with E-state index in [9.17, 15) is 9.90 Å². The molecule has 1 fully saturated rings. The first-order valence-electron chi connectivity index (χ1n) is 12.5. The maximum atomic E-state index is 12.6. The maximum Gasteiger partial charge on any atom is 0.347 e. The molecule has 1 aliphatic carbocycles. The molecule has 2 N–H and O–H groups in total. The second-order valence-corrected chi connectivity index (χ2v) is 11.0. The van der Waals surface area contributed by atoms with Crippen molar-refractivity contribution in [2.75, 3.05) is 33.4 Å². The predicted molar refractivity (Wildman–Crippen MR) is 138 cm³/mol. The van der Waals surface area contributed by atoms with Crippen molar-refractivity contribution in [3.05, 3.63) is 44.8 Å². The maximum absolute atomic E-state index is 12.6. The van der Waals surface area contributed by atoms with Crippen molar-refractivity contribution < 1.29 is 24.5 Å². The zero-order valence-electron chi connectivity index (χ0n) is 20.2. The quantitative estimate of drug-likeness (QED) is 0.297. The summed E-state index contributed by atoms with van der Waals surface area (Å²) in [5, 5.41) is 22.9. The third-order valence-electron chi connectivity index (χ3n) is 6.64. The van der Waals surface area contributed by atoms with E-state index in [-0.39, 0.29) is 12.7 Å². The molecule has 3 rings (SSSR count). The fourth-order valence-electron chi connectivity index (χ4n) is 4.68. The third kappa shape index (κ3) is 7.35. The molecule has 2 aromatic heterocycles. The van der Waals surface area contributed by atoms with Crippen molar-refractivity contribution in [3.8, 4) is 0 Å². The van der Waals surface area contributed by atoms with Crippen molar-refractivity contribution in [2.24, 2.45) is 0 Å². The largest absolute Gasteiger partial charge is 0.479 e. The van der Waals surface area contributed by atoms with Crippen molar-refractivity contribution in [1.29, 1.82) is 0 Å². The highest BCUT2D eigenvalue weighted by Crippen LogP contribution is 2.42. The number of aliphatic hydroxyl groups is 1. The summed E-state index contributed by atoms with van der Waals surface area (Å²) in [6, 6.07) is 8.02. The number of aliphatic carboxylic acids is 1.